The normalized spacial score (nSPS) is 31.2. The molecular formula is C12H16ClFN2O. The van der Waals surface area contributed by atoms with Crippen LogP contribution in [-0.2, 0) is 0 Å². The molecule has 0 aromatic carbocycles. The van der Waals surface area contributed by atoms with Gasteiger partial charge in [0.15, 0.2) is 0 Å². The summed E-state index contributed by atoms with van der Waals surface area (Å²) < 4.78 is 13.1. The van der Waals surface area contributed by atoms with Crippen molar-refractivity contribution in [3.05, 3.63) is 29.0 Å². The van der Waals surface area contributed by atoms with E-state index in [2.05, 4.69) is 4.98 Å². The largest absolute Gasteiger partial charge is 0.388 e. The Balaban J connectivity index is 2.20. The summed E-state index contributed by atoms with van der Waals surface area (Å²) in [5.74, 6) is 0. The van der Waals surface area contributed by atoms with Gasteiger partial charge in [0.2, 0.25) is 0 Å². The van der Waals surface area contributed by atoms with Crippen LogP contribution in [0.25, 0.3) is 0 Å². The molecule has 0 radical (unpaired) electrons. The van der Waals surface area contributed by atoms with Gasteiger partial charge in [0.1, 0.15) is 11.3 Å². The second-order valence-electron chi connectivity index (χ2n) is 4.64. The van der Waals surface area contributed by atoms with Crippen LogP contribution in [0.2, 0.25) is 5.15 Å². The second kappa shape index (κ2) is 4.88. The van der Waals surface area contributed by atoms with E-state index in [0.29, 0.717) is 36.4 Å². The third kappa shape index (κ3) is 2.59. The van der Waals surface area contributed by atoms with Gasteiger partial charge in [0, 0.05) is 11.8 Å². The van der Waals surface area contributed by atoms with Crippen LogP contribution in [0, 0.1) is 0 Å². The van der Waals surface area contributed by atoms with E-state index < -0.39 is 17.8 Å². The summed E-state index contributed by atoms with van der Waals surface area (Å²) in [5.41, 5.74) is 5.60. The molecule has 0 bridgehead atoms. The summed E-state index contributed by atoms with van der Waals surface area (Å²) in [6, 6.07) is 2.86. The van der Waals surface area contributed by atoms with Crippen molar-refractivity contribution in [2.75, 3.05) is 0 Å². The van der Waals surface area contributed by atoms with Crippen molar-refractivity contribution < 1.29 is 9.50 Å². The Bertz CT molecular complexity index is 394. The number of hydrogen-bond acceptors (Lipinski definition) is 3. The van der Waals surface area contributed by atoms with E-state index >= 15 is 0 Å². The quantitative estimate of drug-likeness (QED) is 0.801. The van der Waals surface area contributed by atoms with E-state index in [1.165, 1.54) is 0 Å². The van der Waals surface area contributed by atoms with Crippen molar-refractivity contribution >= 4 is 11.6 Å². The molecule has 1 saturated carbocycles. The highest BCUT2D eigenvalue weighted by molar-refractivity contribution is 6.30. The average molecular weight is 259 g/mol. The van der Waals surface area contributed by atoms with Gasteiger partial charge in [0.05, 0.1) is 11.6 Å². The first-order valence-corrected chi connectivity index (χ1v) is 6.13. The fraction of sp³-hybridized carbons (Fsp3) is 0.583. The predicted molar refractivity (Wildman–Crippen MR) is 64.5 cm³/mol. The number of nitrogens with two attached hydrogens (primary N) is 1. The lowest BCUT2D eigenvalue weighted by Gasteiger charge is -2.38. The van der Waals surface area contributed by atoms with Crippen LogP contribution in [0.5, 0.6) is 0 Å². The molecule has 94 valence electrons. The molecule has 5 heteroatoms. The SMILES string of the molecule is NC(c1cccnc1Cl)[C@]1(O)CC[C@@H](F)CC1. The Morgan fingerprint density at radius 1 is 1.53 bits per heavy atom. The molecule has 3 N–H and O–H groups in total. The fourth-order valence-electron chi connectivity index (χ4n) is 2.31. The standard InChI is InChI=1S/C12H16ClFN2O/c13-11-9(2-1-7-16-11)10(15)12(17)5-3-8(14)4-6-12/h1-2,7-8,10,17H,3-6,15H2/t8-,10?,12+. The van der Waals surface area contributed by atoms with E-state index in [4.69, 9.17) is 17.3 Å². The summed E-state index contributed by atoms with van der Waals surface area (Å²) in [6.07, 6.45) is 2.17. The van der Waals surface area contributed by atoms with Gasteiger partial charge in [0.25, 0.3) is 0 Å². The predicted octanol–water partition coefficient (Wildman–Crippen LogP) is 2.38. The molecular weight excluding hydrogens is 243 g/mol. The number of halogens is 2. The summed E-state index contributed by atoms with van der Waals surface area (Å²) in [6.45, 7) is 0. The summed E-state index contributed by atoms with van der Waals surface area (Å²) in [7, 11) is 0. The number of alkyl halides is 1. The number of pyridine rings is 1. The average Bonchev–Trinajstić information content (AvgIpc) is 2.33. The minimum atomic E-state index is -1.07. The van der Waals surface area contributed by atoms with Crippen LogP contribution < -0.4 is 5.73 Å². The maximum atomic E-state index is 13.1. The Hall–Kier alpha value is -0.710. The van der Waals surface area contributed by atoms with Crippen LogP contribution in [0.15, 0.2) is 18.3 Å². The zero-order chi connectivity index (χ0) is 12.5. The number of rotatable bonds is 2. The van der Waals surface area contributed by atoms with Crippen molar-refractivity contribution in [1.29, 1.82) is 0 Å². The summed E-state index contributed by atoms with van der Waals surface area (Å²) in [5, 5.41) is 10.8. The highest BCUT2D eigenvalue weighted by atomic mass is 35.5. The third-order valence-electron chi connectivity index (χ3n) is 3.48. The smallest absolute Gasteiger partial charge is 0.133 e. The van der Waals surface area contributed by atoms with Crippen LogP contribution in [0.1, 0.15) is 37.3 Å². The van der Waals surface area contributed by atoms with Crippen LogP contribution in [-0.4, -0.2) is 21.9 Å². The Kier molecular flexibility index (Phi) is 3.66. The minimum Gasteiger partial charge on any atom is -0.388 e. The molecule has 17 heavy (non-hydrogen) atoms. The van der Waals surface area contributed by atoms with Gasteiger partial charge in [-0.15, -0.1) is 0 Å². The molecule has 1 unspecified atom stereocenters. The molecule has 0 saturated heterocycles. The molecule has 1 fully saturated rings. The first kappa shape index (κ1) is 12.7. The molecule has 0 amide bonds. The molecule has 3 nitrogen and oxygen atoms in total. The van der Waals surface area contributed by atoms with Gasteiger partial charge in [-0.1, -0.05) is 17.7 Å². The van der Waals surface area contributed by atoms with E-state index in [1.807, 2.05) is 0 Å². The van der Waals surface area contributed by atoms with Crippen molar-refractivity contribution in [3.63, 3.8) is 0 Å². The molecule has 1 aromatic heterocycles. The Morgan fingerprint density at radius 3 is 2.76 bits per heavy atom. The Morgan fingerprint density at radius 2 is 2.18 bits per heavy atom. The second-order valence-corrected chi connectivity index (χ2v) is 5.00. The first-order chi connectivity index (χ1) is 8.03. The van der Waals surface area contributed by atoms with E-state index in [0.717, 1.165) is 0 Å². The molecule has 1 aliphatic rings. The van der Waals surface area contributed by atoms with Crippen molar-refractivity contribution in [1.82, 2.24) is 4.98 Å². The van der Waals surface area contributed by atoms with E-state index in [1.54, 1.807) is 18.3 Å². The minimum absolute atomic E-state index is 0.302. The maximum Gasteiger partial charge on any atom is 0.133 e. The maximum absolute atomic E-state index is 13.1. The van der Waals surface area contributed by atoms with Crippen LogP contribution in [0.3, 0.4) is 0 Å². The third-order valence-corrected chi connectivity index (χ3v) is 3.80. The van der Waals surface area contributed by atoms with Gasteiger partial charge in [-0.2, -0.15) is 0 Å². The van der Waals surface area contributed by atoms with E-state index in [-0.39, 0.29) is 0 Å². The molecule has 1 heterocycles. The molecule has 2 rings (SSSR count). The molecule has 0 aliphatic heterocycles. The number of hydrogen-bond donors (Lipinski definition) is 2. The zero-order valence-electron chi connectivity index (χ0n) is 9.44. The summed E-state index contributed by atoms with van der Waals surface area (Å²) in [4.78, 5) is 3.94. The van der Waals surface area contributed by atoms with Crippen LogP contribution >= 0.6 is 11.6 Å². The van der Waals surface area contributed by atoms with E-state index in [9.17, 15) is 9.50 Å². The van der Waals surface area contributed by atoms with Crippen molar-refractivity contribution in [2.24, 2.45) is 5.73 Å². The molecule has 0 spiro atoms. The lowest BCUT2D eigenvalue weighted by atomic mass is 9.77. The van der Waals surface area contributed by atoms with Gasteiger partial charge >= 0.3 is 0 Å². The number of nitrogens with zero attached hydrogens (tertiary/aromatic N) is 1. The zero-order valence-corrected chi connectivity index (χ0v) is 10.2. The molecule has 1 aliphatic carbocycles. The number of aromatic nitrogens is 1. The fourth-order valence-corrected chi connectivity index (χ4v) is 2.55. The van der Waals surface area contributed by atoms with Gasteiger partial charge < -0.3 is 10.8 Å². The van der Waals surface area contributed by atoms with Gasteiger partial charge in [-0.25, -0.2) is 9.37 Å². The molecule has 1 atom stereocenters. The monoisotopic (exact) mass is 258 g/mol. The number of aliphatic hydroxyl groups is 1. The highest BCUT2D eigenvalue weighted by Gasteiger charge is 2.40. The summed E-state index contributed by atoms with van der Waals surface area (Å²) >= 11 is 5.95. The van der Waals surface area contributed by atoms with Gasteiger partial charge in [-0.3, -0.25) is 0 Å². The lowest BCUT2D eigenvalue weighted by Crippen LogP contribution is -2.44. The lowest BCUT2D eigenvalue weighted by molar-refractivity contribution is -0.0364. The van der Waals surface area contributed by atoms with Gasteiger partial charge in [-0.05, 0) is 31.7 Å². The van der Waals surface area contributed by atoms with Crippen molar-refractivity contribution in [2.45, 2.75) is 43.5 Å². The molecule has 1 aromatic rings. The van der Waals surface area contributed by atoms with Crippen LogP contribution in [0.4, 0.5) is 4.39 Å². The topological polar surface area (TPSA) is 59.1 Å². The Labute approximate surface area is 105 Å². The van der Waals surface area contributed by atoms with Crippen molar-refractivity contribution in [3.8, 4) is 0 Å². The highest BCUT2D eigenvalue weighted by Crippen LogP contribution is 2.39. The first-order valence-electron chi connectivity index (χ1n) is 5.75.